The molecule has 114 valence electrons. The summed E-state index contributed by atoms with van der Waals surface area (Å²) in [5.41, 5.74) is 6.27. The number of carbonyl (C=O) groups excluding carboxylic acids is 2. The lowest BCUT2D eigenvalue weighted by Gasteiger charge is -2.29. The number of carbonyl (C=O) groups is 2. The van der Waals surface area contributed by atoms with Gasteiger partial charge in [-0.05, 0) is 50.6 Å². The summed E-state index contributed by atoms with van der Waals surface area (Å²) in [6, 6.07) is 4.62. The third kappa shape index (κ3) is 4.26. The number of nitrogens with two attached hydrogens (primary N) is 1. The number of rotatable bonds is 4. The van der Waals surface area contributed by atoms with Crippen molar-refractivity contribution in [3.05, 3.63) is 29.6 Å². The molecule has 1 fully saturated rings. The van der Waals surface area contributed by atoms with Gasteiger partial charge in [-0.1, -0.05) is 6.07 Å². The molecule has 0 bridgehead atoms. The average Bonchev–Trinajstić information content (AvgIpc) is 2.43. The quantitative estimate of drug-likeness (QED) is 0.878. The number of nitrogens with zero attached hydrogens (tertiary/aromatic N) is 1. The van der Waals surface area contributed by atoms with Crippen molar-refractivity contribution in [2.24, 2.45) is 11.7 Å². The zero-order valence-electron chi connectivity index (χ0n) is 12.1. The topological polar surface area (TPSA) is 75.4 Å². The first-order valence-corrected chi connectivity index (χ1v) is 7.03. The molecule has 0 saturated carbocycles. The highest BCUT2D eigenvalue weighted by Crippen LogP contribution is 2.17. The van der Waals surface area contributed by atoms with E-state index in [-0.39, 0.29) is 30.1 Å². The summed E-state index contributed by atoms with van der Waals surface area (Å²) < 4.78 is 13.4. The molecule has 3 N–H and O–H groups in total. The average molecular weight is 293 g/mol. The number of primary amides is 1. The van der Waals surface area contributed by atoms with Crippen LogP contribution in [0.15, 0.2) is 18.2 Å². The number of likely N-dealkylation sites (tertiary alicyclic amines) is 1. The maximum atomic E-state index is 13.4. The van der Waals surface area contributed by atoms with Crippen LogP contribution >= 0.6 is 0 Å². The van der Waals surface area contributed by atoms with Crippen LogP contribution in [-0.4, -0.2) is 36.3 Å². The number of nitrogens with one attached hydrogen (secondary N) is 1. The standard InChI is InChI=1S/C15H20FN3O2/c1-10-2-3-12(8-13(10)16)18-14(20)9-19-6-4-11(5-7-19)15(17)21/h2-3,8,11H,4-7,9H2,1H3,(H2,17,21)(H,18,20). The molecule has 0 radical (unpaired) electrons. The summed E-state index contributed by atoms with van der Waals surface area (Å²) in [6.45, 7) is 3.25. The van der Waals surface area contributed by atoms with Gasteiger partial charge in [0, 0.05) is 11.6 Å². The lowest BCUT2D eigenvalue weighted by atomic mass is 9.96. The van der Waals surface area contributed by atoms with Crippen LogP contribution in [0.1, 0.15) is 18.4 Å². The van der Waals surface area contributed by atoms with E-state index >= 15 is 0 Å². The zero-order chi connectivity index (χ0) is 15.4. The highest BCUT2D eigenvalue weighted by molar-refractivity contribution is 5.92. The number of halogens is 1. The lowest BCUT2D eigenvalue weighted by Crippen LogP contribution is -2.42. The number of anilines is 1. The van der Waals surface area contributed by atoms with Crippen LogP contribution in [0.2, 0.25) is 0 Å². The number of hydrogen-bond donors (Lipinski definition) is 2. The largest absolute Gasteiger partial charge is 0.369 e. The van der Waals surface area contributed by atoms with Gasteiger partial charge in [-0.3, -0.25) is 14.5 Å². The van der Waals surface area contributed by atoms with Crippen LogP contribution in [0.5, 0.6) is 0 Å². The van der Waals surface area contributed by atoms with Gasteiger partial charge in [-0.15, -0.1) is 0 Å². The Kier molecular flexibility index (Phi) is 4.90. The van der Waals surface area contributed by atoms with Crippen molar-refractivity contribution in [2.75, 3.05) is 25.0 Å². The molecule has 0 unspecified atom stereocenters. The van der Waals surface area contributed by atoms with Crippen molar-refractivity contribution in [2.45, 2.75) is 19.8 Å². The van der Waals surface area contributed by atoms with Crippen LogP contribution in [0.25, 0.3) is 0 Å². The molecule has 2 amide bonds. The van der Waals surface area contributed by atoms with Crippen molar-refractivity contribution >= 4 is 17.5 Å². The van der Waals surface area contributed by atoms with Gasteiger partial charge in [0.25, 0.3) is 0 Å². The van der Waals surface area contributed by atoms with E-state index in [1.54, 1.807) is 19.1 Å². The highest BCUT2D eigenvalue weighted by Gasteiger charge is 2.24. The van der Waals surface area contributed by atoms with E-state index in [4.69, 9.17) is 5.73 Å². The fourth-order valence-corrected chi connectivity index (χ4v) is 2.45. The molecule has 1 aromatic carbocycles. The zero-order valence-corrected chi connectivity index (χ0v) is 12.1. The SMILES string of the molecule is Cc1ccc(NC(=O)CN2CCC(C(N)=O)CC2)cc1F. The molecule has 6 heteroatoms. The van der Waals surface area contributed by atoms with E-state index < -0.39 is 0 Å². The Labute approximate surface area is 123 Å². The minimum atomic E-state index is -0.338. The van der Waals surface area contributed by atoms with E-state index in [1.807, 2.05) is 4.90 Å². The van der Waals surface area contributed by atoms with Gasteiger partial charge in [0.2, 0.25) is 11.8 Å². The maximum absolute atomic E-state index is 13.4. The molecule has 5 nitrogen and oxygen atoms in total. The first-order valence-electron chi connectivity index (χ1n) is 7.03. The minimum absolute atomic E-state index is 0.0875. The normalized spacial score (nSPS) is 16.7. The van der Waals surface area contributed by atoms with Crippen LogP contribution in [0, 0.1) is 18.7 Å². The summed E-state index contributed by atoms with van der Waals surface area (Å²) in [5, 5.41) is 2.68. The molecule has 0 aliphatic carbocycles. The van der Waals surface area contributed by atoms with E-state index in [0.29, 0.717) is 37.2 Å². The molecule has 1 saturated heterocycles. The summed E-state index contributed by atoms with van der Waals surface area (Å²) in [6.07, 6.45) is 1.36. The Bertz CT molecular complexity index is 540. The number of aryl methyl sites for hydroxylation is 1. The third-order valence-electron chi connectivity index (χ3n) is 3.81. The Morgan fingerprint density at radius 3 is 2.62 bits per heavy atom. The summed E-state index contributed by atoms with van der Waals surface area (Å²) in [4.78, 5) is 25.0. The van der Waals surface area contributed by atoms with Gasteiger partial charge >= 0.3 is 0 Å². The Hall–Kier alpha value is -1.95. The monoisotopic (exact) mass is 293 g/mol. The molecule has 0 atom stereocenters. The second kappa shape index (κ2) is 6.67. The molecule has 0 spiro atoms. The van der Waals surface area contributed by atoms with Gasteiger partial charge in [0.1, 0.15) is 5.82 Å². The Balaban J connectivity index is 1.82. The minimum Gasteiger partial charge on any atom is -0.369 e. The maximum Gasteiger partial charge on any atom is 0.238 e. The second-order valence-corrected chi connectivity index (χ2v) is 5.46. The summed E-state index contributed by atoms with van der Waals surface area (Å²) >= 11 is 0. The van der Waals surface area contributed by atoms with Crippen LogP contribution in [0.3, 0.4) is 0 Å². The van der Waals surface area contributed by atoms with Gasteiger partial charge in [-0.25, -0.2) is 4.39 Å². The molecule has 1 aliphatic rings. The first-order chi connectivity index (χ1) is 9.95. The van der Waals surface area contributed by atoms with Crippen molar-refractivity contribution in [1.82, 2.24) is 4.90 Å². The number of benzene rings is 1. The van der Waals surface area contributed by atoms with Crippen LogP contribution in [-0.2, 0) is 9.59 Å². The van der Waals surface area contributed by atoms with Gasteiger partial charge in [0.05, 0.1) is 6.54 Å². The van der Waals surface area contributed by atoms with Gasteiger partial charge in [0.15, 0.2) is 0 Å². The smallest absolute Gasteiger partial charge is 0.238 e. The van der Waals surface area contributed by atoms with E-state index in [9.17, 15) is 14.0 Å². The summed E-state index contributed by atoms with van der Waals surface area (Å²) in [5.74, 6) is -0.879. The molecular formula is C15H20FN3O2. The van der Waals surface area contributed by atoms with Crippen LogP contribution < -0.4 is 11.1 Å². The lowest BCUT2D eigenvalue weighted by molar-refractivity contribution is -0.123. The molecular weight excluding hydrogens is 273 g/mol. The molecule has 21 heavy (non-hydrogen) atoms. The van der Waals surface area contributed by atoms with Gasteiger partial charge in [-0.2, -0.15) is 0 Å². The van der Waals surface area contributed by atoms with Crippen molar-refractivity contribution in [3.8, 4) is 0 Å². The van der Waals surface area contributed by atoms with Crippen molar-refractivity contribution in [3.63, 3.8) is 0 Å². The third-order valence-corrected chi connectivity index (χ3v) is 3.81. The van der Waals surface area contributed by atoms with Crippen LogP contribution in [0.4, 0.5) is 10.1 Å². The number of piperidine rings is 1. The van der Waals surface area contributed by atoms with E-state index in [2.05, 4.69) is 5.32 Å². The first kappa shape index (κ1) is 15.4. The number of amides is 2. The van der Waals surface area contributed by atoms with Gasteiger partial charge < -0.3 is 11.1 Å². The fourth-order valence-electron chi connectivity index (χ4n) is 2.45. The summed E-state index contributed by atoms with van der Waals surface area (Å²) in [7, 11) is 0. The second-order valence-electron chi connectivity index (χ2n) is 5.46. The van der Waals surface area contributed by atoms with Crippen molar-refractivity contribution < 1.29 is 14.0 Å². The molecule has 2 rings (SSSR count). The molecule has 1 aliphatic heterocycles. The molecule has 0 aromatic heterocycles. The Morgan fingerprint density at radius 2 is 2.05 bits per heavy atom. The predicted molar refractivity (Wildman–Crippen MR) is 78.1 cm³/mol. The highest BCUT2D eigenvalue weighted by atomic mass is 19.1. The van der Waals surface area contributed by atoms with Crippen molar-refractivity contribution in [1.29, 1.82) is 0 Å². The molecule has 1 heterocycles. The Morgan fingerprint density at radius 1 is 1.38 bits per heavy atom. The molecule has 1 aromatic rings. The number of hydrogen-bond acceptors (Lipinski definition) is 3. The fraction of sp³-hybridized carbons (Fsp3) is 0.467. The van der Waals surface area contributed by atoms with E-state index in [0.717, 1.165) is 0 Å². The predicted octanol–water partition coefficient (Wildman–Crippen LogP) is 1.27. The van der Waals surface area contributed by atoms with E-state index in [1.165, 1.54) is 6.07 Å².